The van der Waals surface area contributed by atoms with Gasteiger partial charge in [-0.1, -0.05) is 0 Å². The molecular formula is C13H16N2O2. The number of aldehydes is 1. The molecule has 1 rings (SSSR count). The molecule has 4 heteroatoms. The van der Waals surface area contributed by atoms with Crippen molar-refractivity contribution in [3.05, 3.63) is 29.3 Å². The summed E-state index contributed by atoms with van der Waals surface area (Å²) in [6.45, 7) is 4.14. The SMILES string of the molecule is CCN(CCOC)c1ccc(C=O)cc1C#N. The van der Waals surface area contributed by atoms with Crippen LogP contribution in [0.1, 0.15) is 22.8 Å². The van der Waals surface area contributed by atoms with Crippen molar-refractivity contribution in [2.75, 3.05) is 31.7 Å². The van der Waals surface area contributed by atoms with Crippen molar-refractivity contribution in [1.82, 2.24) is 0 Å². The number of hydrogen-bond donors (Lipinski definition) is 0. The fraction of sp³-hybridized carbons (Fsp3) is 0.385. The molecule has 0 aliphatic heterocycles. The minimum absolute atomic E-state index is 0.521. The fourth-order valence-corrected chi connectivity index (χ4v) is 1.64. The van der Waals surface area contributed by atoms with Gasteiger partial charge >= 0.3 is 0 Å². The molecule has 0 aromatic heterocycles. The van der Waals surface area contributed by atoms with E-state index in [9.17, 15) is 4.79 Å². The van der Waals surface area contributed by atoms with Crippen molar-refractivity contribution in [2.45, 2.75) is 6.92 Å². The molecular weight excluding hydrogens is 216 g/mol. The van der Waals surface area contributed by atoms with Gasteiger partial charge in [0.05, 0.1) is 17.9 Å². The number of anilines is 1. The first-order valence-corrected chi connectivity index (χ1v) is 5.50. The third kappa shape index (κ3) is 3.30. The van der Waals surface area contributed by atoms with Crippen molar-refractivity contribution in [3.63, 3.8) is 0 Å². The lowest BCUT2D eigenvalue weighted by Gasteiger charge is -2.23. The Balaban J connectivity index is 3.02. The van der Waals surface area contributed by atoms with Crippen LogP contribution in [0.4, 0.5) is 5.69 Å². The number of likely N-dealkylation sites (N-methyl/N-ethyl adjacent to an activating group) is 1. The average Bonchev–Trinajstić information content (AvgIpc) is 2.39. The lowest BCUT2D eigenvalue weighted by molar-refractivity contribution is 0.112. The van der Waals surface area contributed by atoms with E-state index in [1.165, 1.54) is 0 Å². The Bertz CT molecular complexity index is 424. The highest BCUT2D eigenvalue weighted by Gasteiger charge is 2.10. The summed E-state index contributed by atoms with van der Waals surface area (Å²) >= 11 is 0. The quantitative estimate of drug-likeness (QED) is 0.702. The number of ether oxygens (including phenoxy) is 1. The number of carbonyl (C=O) groups is 1. The van der Waals surface area contributed by atoms with Gasteiger partial charge in [-0.05, 0) is 25.1 Å². The van der Waals surface area contributed by atoms with Crippen molar-refractivity contribution >= 4 is 12.0 Å². The van der Waals surface area contributed by atoms with Gasteiger partial charge in [-0.25, -0.2) is 0 Å². The summed E-state index contributed by atoms with van der Waals surface area (Å²) in [5, 5.41) is 9.08. The van der Waals surface area contributed by atoms with Crippen LogP contribution in [-0.2, 0) is 4.74 Å². The van der Waals surface area contributed by atoms with E-state index in [0.29, 0.717) is 17.7 Å². The van der Waals surface area contributed by atoms with E-state index >= 15 is 0 Å². The van der Waals surface area contributed by atoms with Crippen LogP contribution in [0.3, 0.4) is 0 Å². The van der Waals surface area contributed by atoms with Crippen LogP contribution >= 0.6 is 0 Å². The van der Waals surface area contributed by atoms with Crippen LogP contribution in [0, 0.1) is 11.3 Å². The van der Waals surface area contributed by atoms with Gasteiger partial charge in [0.15, 0.2) is 0 Å². The molecule has 0 atom stereocenters. The predicted octanol–water partition coefficient (Wildman–Crippen LogP) is 1.84. The zero-order valence-corrected chi connectivity index (χ0v) is 10.1. The van der Waals surface area contributed by atoms with Crippen LogP contribution in [0.5, 0.6) is 0 Å². The summed E-state index contributed by atoms with van der Waals surface area (Å²) in [5.41, 5.74) is 1.89. The Morgan fingerprint density at radius 2 is 2.29 bits per heavy atom. The number of benzene rings is 1. The minimum atomic E-state index is 0.521. The van der Waals surface area contributed by atoms with Crippen LogP contribution in [0.25, 0.3) is 0 Å². The lowest BCUT2D eigenvalue weighted by atomic mass is 10.1. The van der Waals surface area contributed by atoms with Gasteiger partial charge < -0.3 is 9.64 Å². The molecule has 1 aromatic carbocycles. The first kappa shape index (κ1) is 13.2. The minimum Gasteiger partial charge on any atom is -0.383 e. The molecule has 1 aromatic rings. The molecule has 0 aliphatic carbocycles. The van der Waals surface area contributed by atoms with E-state index in [-0.39, 0.29) is 0 Å². The highest BCUT2D eigenvalue weighted by atomic mass is 16.5. The van der Waals surface area contributed by atoms with Gasteiger partial charge in [0.25, 0.3) is 0 Å². The van der Waals surface area contributed by atoms with E-state index < -0.39 is 0 Å². The summed E-state index contributed by atoms with van der Waals surface area (Å²) in [4.78, 5) is 12.7. The number of methoxy groups -OCH3 is 1. The molecule has 0 N–H and O–H groups in total. The zero-order chi connectivity index (χ0) is 12.7. The fourth-order valence-electron chi connectivity index (χ4n) is 1.64. The number of nitrogens with zero attached hydrogens (tertiary/aromatic N) is 2. The van der Waals surface area contributed by atoms with Gasteiger partial charge in [0.1, 0.15) is 12.4 Å². The normalized spacial score (nSPS) is 9.71. The van der Waals surface area contributed by atoms with Crippen molar-refractivity contribution in [3.8, 4) is 6.07 Å². The van der Waals surface area contributed by atoms with Crippen LogP contribution in [-0.4, -0.2) is 33.1 Å². The predicted molar refractivity (Wildman–Crippen MR) is 66.3 cm³/mol. The maximum Gasteiger partial charge on any atom is 0.150 e. The molecule has 0 saturated heterocycles. The number of carbonyl (C=O) groups excluding carboxylic acids is 1. The molecule has 0 unspecified atom stereocenters. The zero-order valence-electron chi connectivity index (χ0n) is 10.1. The highest BCUT2D eigenvalue weighted by Crippen LogP contribution is 2.20. The van der Waals surface area contributed by atoms with Crippen molar-refractivity contribution < 1.29 is 9.53 Å². The summed E-state index contributed by atoms with van der Waals surface area (Å²) in [7, 11) is 1.65. The van der Waals surface area contributed by atoms with Gasteiger partial charge in [0, 0.05) is 25.8 Å². The first-order valence-electron chi connectivity index (χ1n) is 5.50. The maximum absolute atomic E-state index is 10.7. The molecule has 17 heavy (non-hydrogen) atoms. The van der Waals surface area contributed by atoms with E-state index in [1.807, 2.05) is 6.92 Å². The van der Waals surface area contributed by atoms with Crippen LogP contribution < -0.4 is 4.90 Å². The second-order valence-electron chi connectivity index (χ2n) is 3.58. The number of rotatable bonds is 6. The van der Waals surface area contributed by atoms with Gasteiger partial charge in [-0.2, -0.15) is 5.26 Å². The molecule has 0 spiro atoms. The monoisotopic (exact) mass is 232 g/mol. The standard InChI is InChI=1S/C13H16N2O2/c1-3-15(6-7-17-2)13-5-4-11(10-16)8-12(13)9-14/h4-5,8,10H,3,6-7H2,1-2H3. The van der Waals surface area contributed by atoms with Crippen molar-refractivity contribution in [1.29, 1.82) is 5.26 Å². The summed E-state index contributed by atoms with van der Waals surface area (Å²) in [5.74, 6) is 0. The van der Waals surface area contributed by atoms with E-state index in [2.05, 4.69) is 11.0 Å². The summed E-state index contributed by atoms with van der Waals surface area (Å²) in [6.07, 6.45) is 0.746. The maximum atomic E-state index is 10.7. The smallest absolute Gasteiger partial charge is 0.150 e. The molecule has 0 heterocycles. The molecule has 4 nitrogen and oxygen atoms in total. The molecule has 0 saturated carbocycles. The Labute approximate surface area is 101 Å². The second-order valence-corrected chi connectivity index (χ2v) is 3.58. The molecule has 90 valence electrons. The van der Waals surface area contributed by atoms with Crippen molar-refractivity contribution in [2.24, 2.45) is 0 Å². The average molecular weight is 232 g/mol. The molecule has 0 fully saturated rings. The van der Waals surface area contributed by atoms with Gasteiger partial charge in [0.2, 0.25) is 0 Å². The Hall–Kier alpha value is -1.86. The molecule has 0 radical (unpaired) electrons. The summed E-state index contributed by atoms with van der Waals surface area (Å²) < 4.78 is 5.03. The van der Waals surface area contributed by atoms with Gasteiger partial charge in [-0.15, -0.1) is 0 Å². The van der Waals surface area contributed by atoms with E-state index in [1.54, 1.807) is 25.3 Å². The van der Waals surface area contributed by atoms with Gasteiger partial charge in [-0.3, -0.25) is 4.79 Å². The third-order valence-corrected chi connectivity index (χ3v) is 2.56. The molecule has 0 aliphatic rings. The van der Waals surface area contributed by atoms with Crippen LogP contribution in [0.15, 0.2) is 18.2 Å². The topological polar surface area (TPSA) is 53.3 Å². The Morgan fingerprint density at radius 3 is 2.82 bits per heavy atom. The largest absolute Gasteiger partial charge is 0.383 e. The van der Waals surface area contributed by atoms with Crippen LogP contribution in [0.2, 0.25) is 0 Å². The molecule has 0 bridgehead atoms. The third-order valence-electron chi connectivity index (χ3n) is 2.56. The van der Waals surface area contributed by atoms with E-state index in [0.717, 1.165) is 25.1 Å². The number of hydrogen-bond acceptors (Lipinski definition) is 4. The number of nitriles is 1. The highest BCUT2D eigenvalue weighted by molar-refractivity contribution is 5.78. The summed E-state index contributed by atoms with van der Waals surface area (Å²) in [6, 6.07) is 7.26. The Morgan fingerprint density at radius 1 is 1.53 bits per heavy atom. The first-order chi connectivity index (χ1) is 8.26. The lowest BCUT2D eigenvalue weighted by Crippen LogP contribution is -2.27. The molecule has 0 amide bonds. The Kier molecular flexibility index (Phi) is 5.18. The van der Waals surface area contributed by atoms with E-state index in [4.69, 9.17) is 10.00 Å². The second kappa shape index (κ2) is 6.66.